The molecule has 0 saturated carbocycles. The fourth-order valence-electron chi connectivity index (χ4n) is 7.24. The predicted molar refractivity (Wildman–Crippen MR) is 173 cm³/mol. The van der Waals surface area contributed by atoms with E-state index in [1.54, 1.807) is 24.4 Å². The van der Waals surface area contributed by atoms with Crippen molar-refractivity contribution >= 4 is 33.4 Å². The number of terminal acetylenes is 1. The molecule has 3 aliphatic heterocycles. The van der Waals surface area contributed by atoms with Gasteiger partial charge < -0.3 is 24.8 Å². The normalized spacial score (nSPS) is 19.5. The van der Waals surface area contributed by atoms with Gasteiger partial charge in [0.1, 0.15) is 29.4 Å². The van der Waals surface area contributed by atoms with Crippen molar-refractivity contribution < 1.29 is 23.8 Å². The molecule has 7 rings (SSSR count). The number of phenols is 1. The largest absolute Gasteiger partial charge is 0.508 e. The summed E-state index contributed by atoms with van der Waals surface area (Å²) in [6.45, 7) is 7.51. The molecule has 2 N–H and O–H groups in total. The van der Waals surface area contributed by atoms with Crippen molar-refractivity contribution in [3.05, 3.63) is 60.6 Å². The average Bonchev–Trinajstić information content (AvgIpc) is 3.56. The van der Waals surface area contributed by atoms with Gasteiger partial charge in [-0.2, -0.15) is 9.97 Å². The van der Waals surface area contributed by atoms with Crippen LogP contribution in [0.1, 0.15) is 31.2 Å². The zero-order valence-corrected chi connectivity index (χ0v) is 25.5. The van der Waals surface area contributed by atoms with Gasteiger partial charge in [0.25, 0.3) is 0 Å². The molecule has 0 radical (unpaired) electrons. The lowest BCUT2D eigenvalue weighted by atomic mass is 9.95. The lowest BCUT2D eigenvalue weighted by Crippen LogP contribution is -2.44. The van der Waals surface area contributed by atoms with E-state index in [2.05, 4.69) is 32.7 Å². The highest BCUT2D eigenvalue weighted by Gasteiger charge is 2.45. The van der Waals surface area contributed by atoms with Crippen LogP contribution in [0.3, 0.4) is 0 Å². The molecule has 4 aromatic rings. The Balaban J connectivity index is 1.36. The van der Waals surface area contributed by atoms with E-state index in [1.807, 2.05) is 11.0 Å². The maximum atomic E-state index is 16.8. The summed E-state index contributed by atoms with van der Waals surface area (Å²) in [4.78, 5) is 30.6. The van der Waals surface area contributed by atoms with Crippen LogP contribution in [-0.4, -0.2) is 88.4 Å². The van der Waals surface area contributed by atoms with Gasteiger partial charge >= 0.3 is 6.01 Å². The molecule has 0 aliphatic carbocycles. The summed E-state index contributed by atoms with van der Waals surface area (Å²) in [5.41, 5.74) is 0.869. The molecule has 1 amide bonds. The van der Waals surface area contributed by atoms with Crippen molar-refractivity contribution in [2.45, 2.75) is 37.3 Å². The third-order valence-electron chi connectivity index (χ3n) is 9.39. The Kier molecular flexibility index (Phi) is 7.92. The molecule has 3 aliphatic rings. The third-order valence-corrected chi connectivity index (χ3v) is 9.39. The van der Waals surface area contributed by atoms with Crippen LogP contribution in [0, 0.1) is 18.2 Å². The number of phenolic OH excluding ortho intramolecular Hbond substituents is 1. The van der Waals surface area contributed by atoms with Gasteiger partial charge in [-0.3, -0.25) is 14.7 Å². The monoisotopic (exact) mass is 622 g/mol. The average molecular weight is 623 g/mol. The highest BCUT2D eigenvalue weighted by atomic mass is 19.1. The summed E-state index contributed by atoms with van der Waals surface area (Å²) >= 11 is 0. The molecule has 3 fully saturated rings. The number of rotatable bonds is 7. The molecule has 2 aromatic carbocycles. The minimum atomic E-state index is -0.686. The van der Waals surface area contributed by atoms with Crippen molar-refractivity contribution in [2.75, 3.05) is 50.9 Å². The lowest BCUT2D eigenvalue weighted by molar-refractivity contribution is -0.117. The number of halogens is 1. The van der Waals surface area contributed by atoms with Gasteiger partial charge in [-0.15, -0.1) is 6.42 Å². The van der Waals surface area contributed by atoms with Gasteiger partial charge in [-0.25, -0.2) is 4.39 Å². The SMILES string of the molecule is C#Cc1cccc2cc(O)cc(-c3ncc4c(N5CCOC[C@@H](NC(=O)C=C)C5)nc(OCC56CCCN5CCC6)nc4c3F)c12. The maximum absolute atomic E-state index is 16.8. The first-order valence-electron chi connectivity index (χ1n) is 15.6. The van der Waals surface area contributed by atoms with Gasteiger partial charge in [0.15, 0.2) is 5.82 Å². The van der Waals surface area contributed by atoms with Crippen molar-refractivity contribution in [3.63, 3.8) is 0 Å². The second kappa shape index (κ2) is 12.2. The van der Waals surface area contributed by atoms with Crippen molar-refractivity contribution in [1.29, 1.82) is 0 Å². The van der Waals surface area contributed by atoms with Crippen LogP contribution < -0.4 is 15.0 Å². The Labute approximate surface area is 266 Å². The number of fused-ring (bicyclic) bond motifs is 3. The number of aromatic hydroxyl groups is 1. The number of nitrogens with one attached hydrogen (secondary N) is 1. The van der Waals surface area contributed by atoms with E-state index in [0.717, 1.165) is 38.8 Å². The molecule has 1 atom stereocenters. The summed E-state index contributed by atoms with van der Waals surface area (Å²) in [7, 11) is 0. The lowest BCUT2D eigenvalue weighted by Gasteiger charge is -2.31. The number of nitrogens with zero attached hydrogens (tertiary/aromatic N) is 5. The van der Waals surface area contributed by atoms with E-state index in [4.69, 9.17) is 20.9 Å². The Hall–Kier alpha value is -4.79. The van der Waals surface area contributed by atoms with Crippen LogP contribution in [0.2, 0.25) is 0 Å². The number of carbonyl (C=O) groups excluding carboxylic acids is 1. The minimum absolute atomic E-state index is 0.00150. The molecular weight excluding hydrogens is 587 g/mol. The number of pyridine rings is 1. The number of aromatic nitrogens is 3. The predicted octanol–water partition coefficient (Wildman–Crippen LogP) is 4.19. The van der Waals surface area contributed by atoms with Crippen LogP contribution in [-0.2, 0) is 9.53 Å². The van der Waals surface area contributed by atoms with Gasteiger partial charge in [-0.1, -0.05) is 24.6 Å². The number of carbonyl (C=O) groups is 1. The van der Waals surface area contributed by atoms with Crippen LogP contribution in [0.25, 0.3) is 32.9 Å². The van der Waals surface area contributed by atoms with Crippen LogP contribution in [0.15, 0.2) is 49.2 Å². The van der Waals surface area contributed by atoms with E-state index in [-0.39, 0.29) is 40.5 Å². The fourth-order valence-corrected chi connectivity index (χ4v) is 7.24. The van der Waals surface area contributed by atoms with Gasteiger partial charge in [0.05, 0.1) is 30.2 Å². The molecule has 3 saturated heterocycles. The number of ether oxygens (including phenoxy) is 2. The quantitative estimate of drug-likeness (QED) is 0.232. The summed E-state index contributed by atoms with van der Waals surface area (Å²) in [6, 6.07) is 8.13. The molecule has 5 heterocycles. The summed E-state index contributed by atoms with van der Waals surface area (Å²) in [6.07, 6.45) is 12.9. The van der Waals surface area contributed by atoms with Crippen LogP contribution in [0.4, 0.5) is 10.2 Å². The Morgan fingerprint density at radius 1 is 1.26 bits per heavy atom. The molecule has 0 spiro atoms. The minimum Gasteiger partial charge on any atom is -0.508 e. The van der Waals surface area contributed by atoms with Gasteiger partial charge in [0.2, 0.25) is 5.91 Å². The van der Waals surface area contributed by atoms with Crippen molar-refractivity contribution in [2.24, 2.45) is 0 Å². The number of hydrogen-bond acceptors (Lipinski definition) is 9. The maximum Gasteiger partial charge on any atom is 0.319 e. The van der Waals surface area contributed by atoms with E-state index in [1.165, 1.54) is 12.1 Å². The third kappa shape index (κ3) is 5.37. The highest BCUT2D eigenvalue weighted by molar-refractivity contribution is 6.02. The van der Waals surface area contributed by atoms with Crippen LogP contribution >= 0.6 is 0 Å². The highest BCUT2D eigenvalue weighted by Crippen LogP contribution is 2.40. The first-order valence-corrected chi connectivity index (χ1v) is 15.6. The zero-order chi connectivity index (χ0) is 31.8. The second-order valence-corrected chi connectivity index (χ2v) is 12.2. The molecule has 11 heteroatoms. The van der Waals surface area contributed by atoms with E-state index < -0.39 is 5.82 Å². The summed E-state index contributed by atoms with van der Waals surface area (Å²) in [5.74, 6) is 2.06. The number of hydrogen-bond donors (Lipinski definition) is 2. The van der Waals surface area contributed by atoms with E-state index in [9.17, 15) is 9.90 Å². The molecule has 0 unspecified atom stereocenters. The van der Waals surface area contributed by atoms with E-state index >= 15 is 4.39 Å². The Bertz CT molecular complexity index is 1880. The second-order valence-electron chi connectivity index (χ2n) is 12.2. The first-order chi connectivity index (χ1) is 22.4. The molecule has 236 valence electrons. The molecule has 0 bridgehead atoms. The summed E-state index contributed by atoms with van der Waals surface area (Å²) in [5, 5.41) is 15.1. The number of anilines is 1. The Morgan fingerprint density at radius 2 is 2.09 bits per heavy atom. The fraction of sp³-hybridized carbons (Fsp3) is 0.371. The molecule has 10 nitrogen and oxygen atoms in total. The number of benzene rings is 2. The molecule has 46 heavy (non-hydrogen) atoms. The number of amides is 1. The van der Waals surface area contributed by atoms with Crippen LogP contribution in [0.5, 0.6) is 11.8 Å². The standard InChI is InChI=1S/C35H35FN6O4/c1-3-22-8-5-9-23-16-25(43)17-26(29(22)23)31-30(36)32-27(18-37-31)33(41-14-15-45-20-24(19-41)38-28(44)4-2)40-34(39-32)46-21-35-10-6-12-42(35)13-7-11-35/h1,4-5,8-9,16-18,24,43H,2,6-7,10-15,19-21H2,(H,38,44)/t24-/m0/s1. The topological polar surface area (TPSA) is 113 Å². The zero-order valence-electron chi connectivity index (χ0n) is 25.5. The Morgan fingerprint density at radius 3 is 2.87 bits per heavy atom. The smallest absolute Gasteiger partial charge is 0.319 e. The first kappa shape index (κ1) is 29.9. The van der Waals surface area contributed by atoms with Crippen molar-refractivity contribution in [1.82, 2.24) is 25.2 Å². The van der Waals surface area contributed by atoms with Crippen molar-refractivity contribution in [3.8, 4) is 35.4 Å². The van der Waals surface area contributed by atoms with Gasteiger partial charge in [-0.05, 0) is 68.4 Å². The van der Waals surface area contributed by atoms with E-state index in [0.29, 0.717) is 66.0 Å². The molecule has 2 aromatic heterocycles. The molecular formula is C35H35FN6O4. The summed E-state index contributed by atoms with van der Waals surface area (Å²) < 4.78 is 29.0. The van der Waals surface area contributed by atoms with Gasteiger partial charge in [0, 0.05) is 35.8 Å².